The van der Waals surface area contributed by atoms with Gasteiger partial charge in [-0.2, -0.15) is 8.78 Å². The van der Waals surface area contributed by atoms with Crippen LogP contribution in [0.4, 0.5) is 8.78 Å². The van der Waals surface area contributed by atoms with Crippen molar-refractivity contribution in [1.29, 1.82) is 0 Å². The first-order chi connectivity index (χ1) is 4.88. The SMILES string of the molecule is C=C(CC)CC(=O)C(F)(F)Cl. The van der Waals surface area contributed by atoms with Crippen LogP contribution in [-0.2, 0) is 4.79 Å². The highest BCUT2D eigenvalue weighted by Gasteiger charge is 2.34. The summed E-state index contributed by atoms with van der Waals surface area (Å²) in [6.45, 7) is 5.15. The van der Waals surface area contributed by atoms with E-state index in [0.717, 1.165) is 0 Å². The van der Waals surface area contributed by atoms with Gasteiger partial charge in [0, 0.05) is 6.42 Å². The average Bonchev–Trinajstić information content (AvgIpc) is 1.85. The van der Waals surface area contributed by atoms with Gasteiger partial charge in [0.05, 0.1) is 0 Å². The van der Waals surface area contributed by atoms with E-state index >= 15 is 0 Å². The highest BCUT2D eigenvalue weighted by atomic mass is 35.5. The fraction of sp³-hybridized carbons (Fsp3) is 0.571. The number of ketones is 1. The van der Waals surface area contributed by atoms with E-state index in [1.807, 2.05) is 0 Å². The Morgan fingerprint density at radius 3 is 2.36 bits per heavy atom. The number of Topliss-reactive ketones (excluding diaryl/α,β-unsaturated/α-hetero) is 1. The van der Waals surface area contributed by atoms with Crippen molar-refractivity contribution in [2.45, 2.75) is 25.1 Å². The molecular formula is C7H9ClF2O. The zero-order valence-corrected chi connectivity index (χ0v) is 6.92. The van der Waals surface area contributed by atoms with Gasteiger partial charge in [0.25, 0.3) is 0 Å². The summed E-state index contributed by atoms with van der Waals surface area (Å²) in [4.78, 5) is 10.5. The van der Waals surface area contributed by atoms with Crippen LogP contribution in [-0.4, -0.2) is 11.2 Å². The Labute approximate surface area is 69.0 Å². The maximum Gasteiger partial charge on any atom is 0.380 e. The van der Waals surface area contributed by atoms with E-state index in [9.17, 15) is 13.6 Å². The smallest absolute Gasteiger partial charge is 0.291 e. The lowest BCUT2D eigenvalue weighted by Crippen LogP contribution is -2.21. The van der Waals surface area contributed by atoms with Crippen molar-refractivity contribution < 1.29 is 13.6 Å². The van der Waals surface area contributed by atoms with Crippen LogP contribution in [0.1, 0.15) is 19.8 Å². The number of hydrogen-bond acceptors (Lipinski definition) is 1. The molecule has 4 heteroatoms. The Kier molecular flexibility index (Phi) is 3.66. The number of carbonyl (C=O) groups excluding carboxylic acids is 1. The Bertz CT molecular complexity index is 172. The Morgan fingerprint density at radius 1 is 1.64 bits per heavy atom. The summed E-state index contributed by atoms with van der Waals surface area (Å²) < 4.78 is 24.0. The molecule has 0 aromatic carbocycles. The summed E-state index contributed by atoms with van der Waals surface area (Å²) in [5.41, 5.74) is 0.468. The van der Waals surface area contributed by atoms with Gasteiger partial charge in [-0.25, -0.2) is 0 Å². The number of hydrogen-bond donors (Lipinski definition) is 0. The normalized spacial score (nSPS) is 11.3. The van der Waals surface area contributed by atoms with Crippen LogP contribution in [0.5, 0.6) is 0 Å². The lowest BCUT2D eigenvalue weighted by molar-refractivity contribution is -0.132. The van der Waals surface area contributed by atoms with Crippen LogP contribution in [0.2, 0.25) is 0 Å². The topological polar surface area (TPSA) is 17.1 Å². The van der Waals surface area contributed by atoms with Gasteiger partial charge >= 0.3 is 5.38 Å². The highest BCUT2D eigenvalue weighted by Crippen LogP contribution is 2.23. The van der Waals surface area contributed by atoms with Gasteiger partial charge < -0.3 is 0 Å². The van der Waals surface area contributed by atoms with Crippen molar-refractivity contribution >= 4 is 17.4 Å². The van der Waals surface area contributed by atoms with E-state index in [1.54, 1.807) is 6.92 Å². The van der Waals surface area contributed by atoms with E-state index in [2.05, 4.69) is 18.2 Å². The quantitative estimate of drug-likeness (QED) is 0.483. The molecule has 0 heterocycles. The lowest BCUT2D eigenvalue weighted by atomic mass is 10.1. The van der Waals surface area contributed by atoms with E-state index < -0.39 is 11.2 Å². The molecule has 0 amide bonds. The lowest BCUT2D eigenvalue weighted by Gasteiger charge is -2.06. The molecule has 0 radical (unpaired) electrons. The van der Waals surface area contributed by atoms with Crippen LogP contribution >= 0.6 is 11.6 Å². The van der Waals surface area contributed by atoms with Crippen LogP contribution in [0.25, 0.3) is 0 Å². The number of halogens is 3. The van der Waals surface area contributed by atoms with E-state index in [4.69, 9.17) is 0 Å². The second-order valence-corrected chi connectivity index (χ2v) is 2.68. The largest absolute Gasteiger partial charge is 0.380 e. The predicted molar refractivity (Wildman–Crippen MR) is 39.9 cm³/mol. The summed E-state index contributed by atoms with van der Waals surface area (Å²) >= 11 is 4.46. The molecule has 1 nitrogen and oxygen atoms in total. The minimum atomic E-state index is -3.74. The van der Waals surface area contributed by atoms with Gasteiger partial charge in [0.1, 0.15) is 0 Å². The summed E-state index contributed by atoms with van der Waals surface area (Å²) in [5, 5.41) is -3.74. The minimum absolute atomic E-state index is 0.340. The maximum atomic E-state index is 12.0. The molecule has 0 aliphatic heterocycles. The molecule has 0 aromatic rings. The van der Waals surface area contributed by atoms with E-state index in [-0.39, 0.29) is 6.42 Å². The molecule has 0 bridgehead atoms. The van der Waals surface area contributed by atoms with Crippen LogP contribution in [0, 0.1) is 0 Å². The average molecular weight is 183 g/mol. The van der Waals surface area contributed by atoms with Crippen molar-refractivity contribution in [3.8, 4) is 0 Å². The standard InChI is InChI=1S/C7H9ClF2O/c1-3-5(2)4-6(11)7(8,9)10/h2-4H2,1H3. The number of rotatable bonds is 4. The molecule has 0 aliphatic rings. The van der Waals surface area contributed by atoms with E-state index in [1.165, 1.54) is 0 Å². The minimum Gasteiger partial charge on any atom is -0.291 e. The molecular weight excluding hydrogens is 174 g/mol. The highest BCUT2D eigenvalue weighted by molar-refractivity contribution is 6.32. The van der Waals surface area contributed by atoms with Gasteiger partial charge in [-0.1, -0.05) is 19.1 Å². The zero-order valence-electron chi connectivity index (χ0n) is 6.16. The van der Waals surface area contributed by atoms with Crippen molar-refractivity contribution in [2.24, 2.45) is 0 Å². The van der Waals surface area contributed by atoms with Gasteiger partial charge in [0.15, 0.2) is 0 Å². The fourth-order valence-electron chi connectivity index (χ4n) is 0.452. The summed E-state index contributed by atoms with van der Waals surface area (Å²) in [6, 6.07) is 0. The van der Waals surface area contributed by atoms with E-state index in [0.29, 0.717) is 12.0 Å². The molecule has 0 N–H and O–H groups in total. The molecule has 0 aromatic heterocycles. The first-order valence-corrected chi connectivity index (χ1v) is 3.52. The van der Waals surface area contributed by atoms with Gasteiger partial charge in [-0.05, 0) is 18.0 Å². The second-order valence-electron chi connectivity index (χ2n) is 2.20. The molecule has 0 aliphatic carbocycles. The first-order valence-electron chi connectivity index (χ1n) is 3.14. The van der Waals surface area contributed by atoms with Crippen molar-refractivity contribution in [2.75, 3.05) is 0 Å². The third-order valence-electron chi connectivity index (χ3n) is 1.23. The second kappa shape index (κ2) is 3.81. The predicted octanol–water partition coefficient (Wildman–Crippen LogP) is 2.74. The van der Waals surface area contributed by atoms with Crippen LogP contribution in [0.15, 0.2) is 12.2 Å². The molecule has 0 unspecified atom stereocenters. The molecule has 0 spiro atoms. The van der Waals surface area contributed by atoms with Gasteiger partial charge in [-0.15, -0.1) is 0 Å². The summed E-state index contributed by atoms with van der Waals surface area (Å²) in [5.74, 6) is -1.29. The summed E-state index contributed by atoms with van der Waals surface area (Å²) in [6.07, 6.45) is 0.172. The monoisotopic (exact) mass is 182 g/mol. The Morgan fingerprint density at radius 2 is 2.09 bits per heavy atom. The molecule has 0 rings (SSSR count). The molecule has 0 saturated heterocycles. The summed E-state index contributed by atoms with van der Waals surface area (Å²) in [7, 11) is 0. The third kappa shape index (κ3) is 4.09. The first kappa shape index (κ1) is 10.6. The third-order valence-corrected chi connectivity index (χ3v) is 1.44. The maximum absolute atomic E-state index is 12.0. The molecule has 0 atom stereocenters. The van der Waals surface area contributed by atoms with Crippen LogP contribution < -0.4 is 0 Å². The van der Waals surface area contributed by atoms with Crippen molar-refractivity contribution in [3.63, 3.8) is 0 Å². The molecule has 11 heavy (non-hydrogen) atoms. The Hall–Kier alpha value is -0.440. The fourth-order valence-corrected chi connectivity index (χ4v) is 0.519. The molecule has 0 saturated carbocycles. The zero-order chi connectivity index (χ0) is 9.07. The Balaban J connectivity index is 3.99. The van der Waals surface area contributed by atoms with Crippen LogP contribution in [0.3, 0.4) is 0 Å². The molecule has 64 valence electrons. The van der Waals surface area contributed by atoms with Gasteiger partial charge in [0.2, 0.25) is 5.78 Å². The van der Waals surface area contributed by atoms with Crippen molar-refractivity contribution in [3.05, 3.63) is 12.2 Å². The number of allylic oxidation sites excluding steroid dienone is 1. The molecule has 0 fully saturated rings. The van der Waals surface area contributed by atoms with Gasteiger partial charge in [-0.3, -0.25) is 4.79 Å². The number of carbonyl (C=O) groups is 1. The van der Waals surface area contributed by atoms with Crippen molar-refractivity contribution in [1.82, 2.24) is 0 Å². The number of alkyl halides is 3.